The van der Waals surface area contributed by atoms with E-state index in [1.807, 2.05) is 36.0 Å². The first kappa shape index (κ1) is 21.6. The summed E-state index contributed by atoms with van der Waals surface area (Å²) in [4.78, 5) is 15.0. The number of rotatable bonds is 10. The lowest BCUT2D eigenvalue weighted by atomic mass is 10.2. The molecule has 2 rings (SSSR count). The van der Waals surface area contributed by atoms with Gasteiger partial charge in [0.2, 0.25) is 0 Å². The van der Waals surface area contributed by atoms with Crippen molar-refractivity contribution in [2.24, 2.45) is 4.99 Å². The van der Waals surface area contributed by atoms with E-state index in [2.05, 4.69) is 21.9 Å². The van der Waals surface area contributed by atoms with Gasteiger partial charge in [-0.25, -0.2) is 4.99 Å². The molecule has 150 valence electrons. The summed E-state index contributed by atoms with van der Waals surface area (Å²) >= 11 is 1.81. The lowest BCUT2D eigenvalue weighted by molar-refractivity contribution is -0.384. The monoisotopic (exact) mass is 402 g/mol. The maximum absolute atomic E-state index is 10.8. The van der Waals surface area contributed by atoms with Crippen molar-refractivity contribution in [3.8, 4) is 5.75 Å². The van der Waals surface area contributed by atoms with Crippen molar-refractivity contribution in [3.63, 3.8) is 0 Å². The summed E-state index contributed by atoms with van der Waals surface area (Å²) in [5.74, 6) is 2.60. The number of hydrogen-bond donors (Lipinski definition) is 2. The minimum atomic E-state index is -0.402. The second kappa shape index (κ2) is 11.9. The number of nitro benzene ring substituents is 1. The molecule has 0 aromatic heterocycles. The first-order valence-corrected chi connectivity index (χ1v) is 10.4. The molecule has 0 aliphatic heterocycles. The molecule has 0 unspecified atom stereocenters. The number of ether oxygens (including phenoxy) is 1. The van der Waals surface area contributed by atoms with Gasteiger partial charge in [-0.3, -0.25) is 10.1 Å². The number of nitrogens with one attached hydrogen (secondary N) is 2. The van der Waals surface area contributed by atoms with Crippen molar-refractivity contribution < 1.29 is 9.66 Å². The molecule has 8 heteroatoms. The highest BCUT2D eigenvalue weighted by atomic mass is 32.2. The Morgan fingerprint density at radius 3 is 2.61 bits per heavy atom. The lowest BCUT2D eigenvalue weighted by Gasteiger charge is -2.14. The summed E-state index contributed by atoms with van der Waals surface area (Å²) in [6.45, 7) is 1.83. The van der Waals surface area contributed by atoms with Gasteiger partial charge < -0.3 is 15.4 Å². The zero-order valence-corrected chi connectivity index (χ0v) is 17.0. The first-order chi connectivity index (χ1) is 13.6. The largest absolute Gasteiger partial charge is 0.496 e. The maximum atomic E-state index is 10.8. The number of nitro groups is 1. The molecule has 0 bridgehead atoms. The van der Waals surface area contributed by atoms with Crippen molar-refractivity contribution >= 4 is 23.4 Å². The van der Waals surface area contributed by atoms with Gasteiger partial charge in [-0.1, -0.05) is 30.3 Å². The molecular weight excluding hydrogens is 376 g/mol. The van der Waals surface area contributed by atoms with Crippen LogP contribution in [0.4, 0.5) is 5.69 Å². The van der Waals surface area contributed by atoms with E-state index < -0.39 is 4.92 Å². The van der Waals surface area contributed by atoms with Crippen LogP contribution in [0.5, 0.6) is 5.75 Å². The summed E-state index contributed by atoms with van der Waals surface area (Å²) in [5, 5.41) is 17.4. The molecule has 0 saturated carbocycles. The zero-order chi connectivity index (χ0) is 20.2. The van der Waals surface area contributed by atoms with Gasteiger partial charge in [-0.2, -0.15) is 11.8 Å². The molecule has 2 N–H and O–H groups in total. The number of thioether (sulfide) groups is 1. The maximum Gasteiger partial charge on any atom is 0.269 e. The smallest absolute Gasteiger partial charge is 0.269 e. The van der Waals surface area contributed by atoms with Crippen molar-refractivity contribution in [1.82, 2.24) is 10.6 Å². The summed E-state index contributed by atoms with van der Waals surface area (Å²) in [7, 11) is 1.66. The van der Waals surface area contributed by atoms with Crippen LogP contribution in [-0.2, 0) is 13.1 Å². The molecular formula is C20H26N4O3S. The van der Waals surface area contributed by atoms with Crippen molar-refractivity contribution in [2.75, 3.05) is 25.7 Å². The van der Waals surface area contributed by atoms with E-state index in [4.69, 9.17) is 4.74 Å². The van der Waals surface area contributed by atoms with Crippen LogP contribution in [0.2, 0.25) is 0 Å². The standard InChI is InChI=1S/C20H26N4O3S/c1-27-19-7-4-3-6-17(19)15-23-20(21-12-5-13-28-2)22-14-16-8-10-18(11-9-16)24(25)26/h3-4,6-11H,5,12-15H2,1-2H3,(H2,21,22,23). The van der Waals surface area contributed by atoms with Crippen molar-refractivity contribution in [3.05, 3.63) is 69.8 Å². The fraction of sp³-hybridized carbons (Fsp3) is 0.350. The second-order valence-electron chi connectivity index (χ2n) is 6.03. The highest BCUT2D eigenvalue weighted by molar-refractivity contribution is 7.98. The van der Waals surface area contributed by atoms with Crippen LogP contribution in [0.1, 0.15) is 17.5 Å². The Morgan fingerprint density at radius 2 is 1.93 bits per heavy atom. The predicted octanol–water partition coefficient (Wildman–Crippen LogP) is 3.59. The summed E-state index contributed by atoms with van der Waals surface area (Å²) in [6.07, 6.45) is 3.12. The Bertz CT molecular complexity index is 781. The number of hydrogen-bond acceptors (Lipinski definition) is 5. The van der Waals surface area contributed by atoms with E-state index >= 15 is 0 Å². The van der Waals surface area contributed by atoms with E-state index in [9.17, 15) is 10.1 Å². The van der Waals surface area contributed by atoms with Crippen molar-refractivity contribution in [2.45, 2.75) is 19.5 Å². The van der Waals surface area contributed by atoms with E-state index in [1.165, 1.54) is 12.1 Å². The molecule has 0 aliphatic carbocycles. The Balaban J connectivity index is 2.02. The highest BCUT2D eigenvalue weighted by Crippen LogP contribution is 2.16. The van der Waals surface area contributed by atoms with E-state index in [1.54, 1.807) is 19.2 Å². The average molecular weight is 403 g/mol. The summed E-state index contributed by atoms with van der Waals surface area (Å²) < 4.78 is 5.39. The normalized spacial score (nSPS) is 11.1. The SMILES string of the molecule is COc1ccccc1CNC(=NCc1ccc([N+](=O)[O-])cc1)NCCCSC. The number of non-ortho nitro benzene ring substituents is 1. The molecule has 28 heavy (non-hydrogen) atoms. The number of benzene rings is 2. The fourth-order valence-electron chi connectivity index (χ4n) is 2.52. The number of nitrogens with zero attached hydrogens (tertiary/aromatic N) is 2. The van der Waals surface area contributed by atoms with Gasteiger partial charge in [-0.05, 0) is 30.1 Å². The van der Waals surface area contributed by atoms with Gasteiger partial charge in [0.1, 0.15) is 5.75 Å². The molecule has 0 spiro atoms. The molecule has 7 nitrogen and oxygen atoms in total. The van der Waals surface area contributed by atoms with Crippen LogP contribution in [0.3, 0.4) is 0 Å². The van der Waals surface area contributed by atoms with Gasteiger partial charge in [0.15, 0.2) is 5.96 Å². The number of para-hydroxylation sites is 1. The second-order valence-corrected chi connectivity index (χ2v) is 7.01. The van der Waals surface area contributed by atoms with Crippen LogP contribution < -0.4 is 15.4 Å². The Labute approximate surface area is 169 Å². The van der Waals surface area contributed by atoms with E-state index in [0.29, 0.717) is 19.0 Å². The van der Waals surface area contributed by atoms with E-state index in [0.717, 1.165) is 35.6 Å². The molecule has 2 aromatic rings. The third-order valence-electron chi connectivity index (χ3n) is 4.02. The Kier molecular flexibility index (Phi) is 9.14. The van der Waals surface area contributed by atoms with Gasteiger partial charge in [0.25, 0.3) is 5.69 Å². The molecule has 2 aromatic carbocycles. The molecule has 0 heterocycles. The third-order valence-corrected chi connectivity index (χ3v) is 4.72. The van der Waals surface area contributed by atoms with Gasteiger partial charge in [0.05, 0.1) is 18.6 Å². The Morgan fingerprint density at radius 1 is 1.18 bits per heavy atom. The number of methoxy groups -OCH3 is 1. The van der Waals surface area contributed by atoms with Gasteiger partial charge in [0, 0.05) is 30.8 Å². The van der Waals surface area contributed by atoms with Crippen LogP contribution in [-0.4, -0.2) is 36.5 Å². The van der Waals surface area contributed by atoms with Crippen molar-refractivity contribution in [1.29, 1.82) is 0 Å². The number of guanidine groups is 1. The van der Waals surface area contributed by atoms with Crippen LogP contribution >= 0.6 is 11.8 Å². The van der Waals surface area contributed by atoms with Gasteiger partial charge in [-0.15, -0.1) is 0 Å². The molecule has 0 saturated heterocycles. The third kappa shape index (κ3) is 7.11. The average Bonchev–Trinajstić information content (AvgIpc) is 2.73. The Hall–Kier alpha value is -2.74. The lowest BCUT2D eigenvalue weighted by Crippen LogP contribution is -2.37. The summed E-state index contributed by atoms with van der Waals surface area (Å²) in [5.41, 5.74) is 2.03. The van der Waals surface area contributed by atoms with Crippen LogP contribution in [0.15, 0.2) is 53.5 Å². The fourth-order valence-corrected chi connectivity index (χ4v) is 2.95. The number of aliphatic imine (C=N–C) groups is 1. The predicted molar refractivity (Wildman–Crippen MR) is 115 cm³/mol. The molecule has 0 fully saturated rings. The van der Waals surface area contributed by atoms with Crippen LogP contribution in [0.25, 0.3) is 0 Å². The zero-order valence-electron chi connectivity index (χ0n) is 16.2. The minimum absolute atomic E-state index is 0.0810. The highest BCUT2D eigenvalue weighted by Gasteiger charge is 2.06. The van der Waals surface area contributed by atoms with Gasteiger partial charge >= 0.3 is 0 Å². The van der Waals surface area contributed by atoms with E-state index in [-0.39, 0.29) is 5.69 Å². The quantitative estimate of drug-likeness (QED) is 0.208. The molecule has 0 amide bonds. The topological polar surface area (TPSA) is 88.8 Å². The van der Waals surface area contributed by atoms with Crippen LogP contribution in [0, 0.1) is 10.1 Å². The first-order valence-electron chi connectivity index (χ1n) is 9.00. The molecule has 0 atom stereocenters. The summed E-state index contributed by atoms with van der Waals surface area (Å²) in [6, 6.07) is 14.3. The molecule has 0 radical (unpaired) electrons. The molecule has 0 aliphatic rings. The minimum Gasteiger partial charge on any atom is -0.496 e.